The quantitative estimate of drug-likeness (QED) is 0.670. The molecule has 0 amide bonds. The molecule has 1 aromatic carbocycles. The first kappa shape index (κ1) is 16.7. The standard InChI is InChI=1S/C11H14F4N2O2S/c1-2-6-17(7-11(13,14)15)20(18,19)9-5-3-4-8(12)10(9)16/h3-5H,2,6-7,16H2,1H3. The van der Waals surface area contributed by atoms with Gasteiger partial charge in [0.15, 0.2) is 0 Å². The summed E-state index contributed by atoms with van der Waals surface area (Å²) in [6.07, 6.45) is -4.51. The maximum Gasteiger partial charge on any atom is 0.402 e. The molecule has 0 radical (unpaired) electrons. The van der Waals surface area contributed by atoms with Crippen molar-refractivity contribution < 1.29 is 26.0 Å². The van der Waals surface area contributed by atoms with Crippen molar-refractivity contribution in [3.05, 3.63) is 24.0 Å². The van der Waals surface area contributed by atoms with Crippen LogP contribution in [0.4, 0.5) is 23.2 Å². The van der Waals surface area contributed by atoms with E-state index in [1.54, 1.807) is 0 Å². The Morgan fingerprint density at radius 3 is 2.40 bits per heavy atom. The van der Waals surface area contributed by atoms with Crippen LogP contribution in [0.3, 0.4) is 0 Å². The van der Waals surface area contributed by atoms with E-state index in [-0.39, 0.29) is 17.3 Å². The van der Waals surface area contributed by atoms with Crippen molar-refractivity contribution in [1.29, 1.82) is 0 Å². The lowest BCUT2D eigenvalue weighted by Crippen LogP contribution is -2.39. The minimum absolute atomic E-state index is 0.185. The number of hydrogen-bond acceptors (Lipinski definition) is 3. The van der Waals surface area contributed by atoms with Gasteiger partial charge in [-0.3, -0.25) is 0 Å². The SMILES string of the molecule is CCCN(CC(F)(F)F)S(=O)(=O)c1cccc(F)c1N. The van der Waals surface area contributed by atoms with Crippen LogP contribution in [-0.2, 0) is 10.0 Å². The van der Waals surface area contributed by atoms with Crippen molar-refractivity contribution in [3.63, 3.8) is 0 Å². The Labute approximate surface area is 114 Å². The third-order valence-electron chi connectivity index (χ3n) is 2.46. The van der Waals surface area contributed by atoms with Crippen LogP contribution in [0.1, 0.15) is 13.3 Å². The molecule has 0 aromatic heterocycles. The highest BCUT2D eigenvalue weighted by Crippen LogP contribution is 2.27. The maximum absolute atomic E-state index is 13.3. The first-order valence-corrected chi connectivity index (χ1v) is 7.14. The van der Waals surface area contributed by atoms with Gasteiger partial charge in [0.1, 0.15) is 17.3 Å². The van der Waals surface area contributed by atoms with E-state index in [1.807, 2.05) is 0 Å². The summed E-state index contributed by atoms with van der Waals surface area (Å²) in [6.45, 7) is -0.440. The Bertz CT molecular complexity index is 572. The van der Waals surface area contributed by atoms with E-state index in [2.05, 4.69) is 0 Å². The minimum atomic E-state index is -4.69. The van der Waals surface area contributed by atoms with E-state index >= 15 is 0 Å². The second-order valence-corrected chi connectivity index (χ2v) is 6.01. The summed E-state index contributed by atoms with van der Waals surface area (Å²) >= 11 is 0. The van der Waals surface area contributed by atoms with Crippen LogP contribution in [0.15, 0.2) is 23.1 Å². The average molecular weight is 314 g/mol. The molecule has 0 spiro atoms. The van der Waals surface area contributed by atoms with Gasteiger partial charge < -0.3 is 5.73 Å². The van der Waals surface area contributed by atoms with E-state index in [0.29, 0.717) is 0 Å². The van der Waals surface area contributed by atoms with Crippen LogP contribution in [-0.4, -0.2) is 32.0 Å². The highest BCUT2D eigenvalue weighted by molar-refractivity contribution is 7.89. The van der Waals surface area contributed by atoms with Gasteiger partial charge in [0.05, 0.1) is 5.69 Å². The molecule has 0 saturated heterocycles. The van der Waals surface area contributed by atoms with E-state index in [1.165, 1.54) is 6.92 Å². The van der Waals surface area contributed by atoms with Crippen LogP contribution >= 0.6 is 0 Å². The summed E-state index contributed by atoms with van der Waals surface area (Å²) in [5.74, 6) is -0.991. The van der Waals surface area contributed by atoms with Gasteiger partial charge >= 0.3 is 6.18 Å². The molecule has 0 aliphatic rings. The van der Waals surface area contributed by atoms with E-state index in [4.69, 9.17) is 5.73 Å². The normalized spacial score (nSPS) is 12.9. The molecule has 0 bridgehead atoms. The Kier molecular flexibility index (Phi) is 4.98. The lowest BCUT2D eigenvalue weighted by Gasteiger charge is -2.23. The van der Waals surface area contributed by atoms with Gasteiger partial charge in [-0.2, -0.15) is 17.5 Å². The van der Waals surface area contributed by atoms with E-state index < -0.39 is 39.1 Å². The molecule has 0 heterocycles. The fourth-order valence-electron chi connectivity index (χ4n) is 1.61. The zero-order valence-corrected chi connectivity index (χ0v) is 11.4. The van der Waals surface area contributed by atoms with Crippen molar-refractivity contribution >= 4 is 15.7 Å². The van der Waals surface area contributed by atoms with Gasteiger partial charge in [-0.1, -0.05) is 13.0 Å². The predicted octanol–water partition coefficient (Wildman–Crippen LogP) is 2.37. The molecule has 0 atom stereocenters. The Morgan fingerprint density at radius 1 is 1.30 bits per heavy atom. The van der Waals surface area contributed by atoms with E-state index in [0.717, 1.165) is 18.2 Å². The van der Waals surface area contributed by atoms with Crippen molar-refractivity contribution in [1.82, 2.24) is 4.31 Å². The summed E-state index contributed by atoms with van der Waals surface area (Å²) in [6, 6.07) is 2.99. The van der Waals surface area contributed by atoms with Crippen LogP contribution in [0.5, 0.6) is 0 Å². The zero-order valence-electron chi connectivity index (χ0n) is 10.6. The van der Waals surface area contributed by atoms with E-state index in [9.17, 15) is 26.0 Å². The van der Waals surface area contributed by atoms with Crippen LogP contribution in [0.2, 0.25) is 0 Å². The van der Waals surface area contributed by atoms with Crippen molar-refractivity contribution in [2.75, 3.05) is 18.8 Å². The number of sulfonamides is 1. The van der Waals surface area contributed by atoms with Gasteiger partial charge in [-0.15, -0.1) is 0 Å². The number of alkyl halides is 3. The van der Waals surface area contributed by atoms with Gasteiger partial charge in [0, 0.05) is 6.54 Å². The first-order valence-electron chi connectivity index (χ1n) is 5.70. The van der Waals surface area contributed by atoms with Gasteiger partial charge in [-0.25, -0.2) is 12.8 Å². The predicted molar refractivity (Wildman–Crippen MR) is 65.9 cm³/mol. The Hall–Kier alpha value is -1.35. The average Bonchev–Trinajstić information content (AvgIpc) is 2.30. The molecule has 114 valence electrons. The topological polar surface area (TPSA) is 63.4 Å². The number of rotatable bonds is 5. The fraction of sp³-hybridized carbons (Fsp3) is 0.455. The third kappa shape index (κ3) is 3.83. The molecule has 0 aliphatic carbocycles. The smallest absolute Gasteiger partial charge is 0.395 e. The largest absolute Gasteiger partial charge is 0.402 e. The van der Waals surface area contributed by atoms with Crippen molar-refractivity contribution in [3.8, 4) is 0 Å². The maximum atomic E-state index is 13.3. The fourth-order valence-corrected chi connectivity index (χ4v) is 3.26. The summed E-state index contributed by atoms with van der Waals surface area (Å²) < 4.78 is 75.1. The van der Waals surface area contributed by atoms with Crippen LogP contribution in [0, 0.1) is 5.82 Å². The number of nitrogen functional groups attached to an aromatic ring is 1. The number of anilines is 1. The molecule has 0 fully saturated rings. The summed E-state index contributed by atoms with van der Waals surface area (Å²) in [4.78, 5) is -0.657. The number of para-hydroxylation sites is 1. The summed E-state index contributed by atoms with van der Waals surface area (Å²) in [7, 11) is -4.50. The zero-order chi connectivity index (χ0) is 15.6. The van der Waals surface area contributed by atoms with Crippen molar-refractivity contribution in [2.24, 2.45) is 0 Å². The highest BCUT2D eigenvalue weighted by Gasteiger charge is 2.37. The molecule has 9 heteroatoms. The molecule has 1 rings (SSSR count). The second-order valence-electron chi connectivity index (χ2n) is 4.11. The Morgan fingerprint density at radius 2 is 1.90 bits per heavy atom. The molecular formula is C11H14F4N2O2S. The molecule has 2 N–H and O–H groups in total. The molecule has 0 unspecified atom stereocenters. The molecule has 0 saturated carbocycles. The highest BCUT2D eigenvalue weighted by atomic mass is 32.2. The summed E-state index contributed by atoms with van der Waals surface area (Å²) in [5.41, 5.74) is 4.62. The van der Waals surface area contributed by atoms with Crippen LogP contribution in [0.25, 0.3) is 0 Å². The summed E-state index contributed by atoms with van der Waals surface area (Å²) in [5, 5.41) is 0. The lowest BCUT2D eigenvalue weighted by atomic mass is 10.3. The number of nitrogens with two attached hydrogens (primary N) is 1. The van der Waals surface area contributed by atoms with Gasteiger partial charge in [0.2, 0.25) is 10.0 Å². The van der Waals surface area contributed by atoms with Crippen LogP contribution < -0.4 is 5.73 Å². The second kappa shape index (κ2) is 5.96. The minimum Gasteiger partial charge on any atom is -0.395 e. The molecule has 1 aromatic rings. The molecular weight excluding hydrogens is 300 g/mol. The molecule has 20 heavy (non-hydrogen) atoms. The lowest BCUT2D eigenvalue weighted by molar-refractivity contribution is -0.136. The monoisotopic (exact) mass is 314 g/mol. The Balaban J connectivity index is 3.26. The third-order valence-corrected chi connectivity index (χ3v) is 4.36. The number of hydrogen-bond donors (Lipinski definition) is 1. The van der Waals surface area contributed by atoms with Crippen molar-refractivity contribution in [2.45, 2.75) is 24.4 Å². The number of halogens is 4. The number of benzene rings is 1. The first-order chi connectivity index (χ1) is 9.09. The van der Waals surface area contributed by atoms with Gasteiger partial charge in [0.25, 0.3) is 0 Å². The molecule has 4 nitrogen and oxygen atoms in total. The number of nitrogens with zero attached hydrogens (tertiary/aromatic N) is 1. The van der Waals surface area contributed by atoms with Gasteiger partial charge in [-0.05, 0) is 18.6 Å². The molecule has 0 aliphatic heterocycles.